The number of carboxylic acids is 1. The highest BCUT2D eigenvalue weighted by atomic mass is 35.5. The van der Waals surface area contributed by atoms with Crippen molar-refractivity contribution in [1.82, 2.24) is 0 Å². The van der Waals surface area contributed by atoms with Gasteiger partial charge in [-0.25, -0.2) is 4.79 Å². The van der Waals surface area contributed by atoms with E-state index in [1.807, 2.05) is 0 Å². The Morgan fingerprint density at radius 1 is 0.800 bits per heavy atom. The molecule has 4 heteroatoms. The second kappa shape index (κ2) is 12.8. The summed E-state index contributed by atoms with van der Waals surface area (Å²) < 4.78 is -1.60. The highest BCUT2D eigenvalue weighted by Crippen LogP contribution is 2.28. The van der Waals surface area contributed by atoms with E-state index >= 15 is 0 Å². The molecule has 0 saturated heterocycles. The molecule has 0 radical (unpaired) electrons. The third-order valence-electron chi connectivity index (χ3n) is 3.66. The second-order valence-electron chi connectivity index (χ2n) is 5.65. The third kappa shape index (κ3) is 11.8. The van der Waals surface area contributed by atoms with Crippen LogP contribution in [0.25, 0.3) is 0 Å². The minimum atomic E-state index is -1.60. The molecule has 0 bridgehead atoms. The van der Waals surface area contributed by atoms with Crippen LogP contribution >= 0.6 is 23.2 Å². The molecular weight excluding hydrogens is 295 g/mol. The SMILES string of the molecule is CCCCCCCCCCCCCCC(Cl)(Cl)C(=O)O. The number of halogens is 2. The van der Waals surface area contributed by atoms with Crippen LogP contribution in [-0.2, 0) is 4.79 Å². The lowest BCUT2D eigenvalue weighted by atomic mass is 10.0. The van der Waals surface area contributed by atoms with Gasteiger partial charge in [-0.15, -0.1) is 0 Å². The van der Waals surface area contributed by atoms with E-state index in [1.165, 1.54) is 57.8 Å². The fourth-order valence-corrected chi connectivity index (χ4v) is 2.56. The maximum absolute atomic E-state index is 10.7. The van der Waals surface area contributed by atoms with Crippen LogP contribution in [0.4, 0.5) is 0 Å². The van der Waals surface area contributed by atoms with Gasteiger partial charge >= 0.3 is 5.97 Å². The molecule has 0 fully saturated rings. The first-order chi connectivity index (χ1) is 9.50. The topological polar surface area (TPSA) is 37.3 Å². The number of rotatable bonds is 14. The van der Waals surface area contributed by atoms with Gasteiger partial charge in [-0.05, 0) is 12.8 Å². The lowest BCUT2D eigenvalue weighted by Crippen LogP contribution is -2.25. The molecule has 0 heterocycles. The van der Waals surface area contributed by atoms with E-state index < -0.39 is 10.3 Å². The van der Waals surface area contributed by atoms with Crippen molar-refractivity contribution in [3.63, 3.8) is 0 Å². The average molecular weight is 325 g/mol. The number of alkyl halides is 2. The van der Waals surface area contributed by atoms with Crippen molar-refractivity contribution in [2.24, 2.45) is 0 Å². The highest BCUT2D eigenvalue weighted by Gasteiger charge is 2.32. The molecular formula is C16H30Cl2O2. The molecule has 0 rings (SSSR count). The van der Waals surface area contributed by atoms with Crippen molar-refractivity contribution in [1.29, 1.82) is 0 Å². The molecule has 0 aliphatic carbocycles. The van der Waals surface area contributed by atoms with Gasteiger partial charge in [-0.3, -0.25) is 0 Å². The lowest BCUT2D eigenvalue weighted by molar-refractivity contribution is -0.138. The number of unbranched alkanes of at least 4 members (excludes halogenated alkanes) is 11. The van der Waals surface area contributed by atoms with Gasteiger partial charge in [0.25, 0.3) is 0 Å². The summed E-state index contributed by atoms with van der Waals surface area (Å²) in [5, 5.41) is 8.75. The molecule has 0 spiro atoms. The van der Waals surface area contributed by atoms with Gasteiger partial charge in [0.1, 0.15) is 0 Å². The number of aliphatic carboxylic acids is 1. The zero-order valence-corrected chi connectivity index (χ0v) is 14.3. The lowest BCUT2D eigenvalue weighted by Gasteiger charge is -2.13. The van der Waals surface area contributed by atoms with Crippen LogP contribution in [-0.4, -0.2) is 15.4 Å². The van der Waals surface area contributed by atoms with Crippen LogP contribution in [0, 0.1) is 0 Å². The van der Waals surface area contributed by atoms with Crippen molar-refractivity contribution in [2.75, 3.05) is 0 Å². The molecule has 0 aromatic rings. The summed E-state index contributed by atoms with van der Waals surface area (Å²) >= 11 is 11.3. The van der Waals surface area contributed by atoms with E-state index in [0.29, 0.717) is 6.42 Å². The van der Waals surface area contributed by atoms with E-state index in [-0.39, 0.29) is 0 Å². The summed E-state index contributed by atoms with van der Waals surface area (Å²) in [4.78, 5) is 10.7. The minimum Gasteiger partial charge on any atom is -0.479 e. The Labute approximate surface area is 134 Å². The van der Waals surface area contributed by atoms with E-state index in [0.717, 1.165) is 19.3 Å². The fourth-order valence-electron chi connectivity index (χ4n) is 2.29. The van der Waals surface area contributed by atoms with Gasteiger partial charge in [0.15, 0.2) is 0 Å². The third-order valence-corrected chi connectivity index (χ3v) is 4.36. The number of hydrogen-bond donors (Lipinski definition) is 1. The first kappa shape index (κ1) is 20.1. The van der Waals surface area contributed by atoms with Crippen LogP contribution in [0.5, 0.6) is 0 Å². The Bertz CT molecular complexity index is 243. The molecule has 0 aliphatic heterocycles. The number of hydrogen-bond acceptors (Lipinski definition) is 1. The van der Waals surface area contributed by atoms with Crippen molar-refractivity contribution in [3.05, 3.63) is 0 Å². The van der Waals surface area contributed by atoms with Gasteiger partial charge in [0.05, 0.1) is 0 Å². The minimum absolute atomic E-state index is 0.336. The largest absolute Gasteiger partial charge is 0.479 e. The van der Waals surface area contributed by atoms with Gasteiger partial charge in [-0.2, -0.15) is 0 Å². The summed E-state index contributed by atoms with van der Waals surface area (Å²) in [7, 11) is 0. The van der Waals surface area contributed by atoms with Crippen LogP contribution < -0.4 is 0 Å². The van der Waals surface area contributed by atoms with Gasteiger partial charge in [0.2, 0.25) is 4.33 Å². The second-order valence-corrected chi connectivity index (χ2v) is 7.13. The van der Waals surface area contributed by atoms with Crippen LogP contribution in [0.1, 0.15) is 90.4 Å². The molecule has 120 valence electrons. The predicted octanol–water partition coefficient (Wildman–Crippen LogP) is 6.34. The number of carbonyl (C=O) groups is 1. The van der Waals surface area contributed by atoms with Gasteiger partial charge < -0.3 is 5.11 Å². The Morgan fingerprint density at radius 2 is 1.15 bits per heavy atom. The van der Waals surface area contributed by atoms with Crippen molar-refractivity contribution in [2.45, 2.75) is 94.7 Å². The molecule has 1 N–H and O–H groups in total. The smallest absolute Gasteiger partial charge is 0.340 e. The Kier molecular flexibility index (Phi) is 12.8. The summed E-state index contributed by atoms with van der Waals surface area (Å²) in [5.74, 6) is -1.14. The van der Waals surface area contributed by atoms with Gasteiger partial charge in [-0.1, -0.05) is 101 Å². The van der Waals surface area contributed by atoms with Gasteiger partial charge in [0, 0.05) is 0 Å². The molecule has 0 saturated carbocycles. The summed E-state index contributed by atoms with van der Waals surface area (Å²) in [5.41, 5.74) is 0. The standard InChI is InChI=1S/C16H30Cl2O2/c1-2-3-4-5-6-7-8-9-10-11-12-13-14-16(17,18)15(19)20/h2-14H2,1H3,(H,19,20). The van der Waals surface area contributed by atoms with Crippen molar-refractivity contribution < 1.29 is 9.90 Å². The van der Waals surface area contributed by atoms with Crippen LogP contribution in [0.2, 0.25) is 0 Å². The molecule has 0 atom stereocenters. The molecule has 0 unspecified atom stereocenters. The zero-order chi connectivity index (χ0) is 15.3. The zero-order valence-electron chi connectivity index (χ0n) is 12.8. The first-order valence-corrected chi connectivity index (χ1v) is 8.87. The molecule has 0 aromatic carbocycles. The Hall–Kier alpha value is 0.0500. The van der Waals surface area contributed by atoms with E-state index in [1.54, 1.807) is 0 Å². The molecule has 0 aliphatic rings. The number of carboxylic acid groups (broad SMARTS) is 1. The Morgan fingerprint density at radius 3 is 1.50 bits per heavy atom. The molecule has 2 nitrogen and oxygen atoms in total. The quantitative estimate of drug-likeness (QED) is 0.299. The molecule has 20 heavy (non-hydrogen) atoms. The monoisotopic (exact) mass is 324 g/mol. The van der Waals surface area contributed by atoms with E-state index in [2.05, 4.69) is 6.92 Å². The average Bonchev–Trinajstić information content (AvgIpc) is 2.39. The normalized spacial score (nSPS) is 11.8. The predicted molar refractivity (Wildman–Crippen MR) is 87.8 cm³/mol. The maximum atomic E-state index is 10.7. The molecule has 0 aromatic heterocycles. The summed E-state index contributed by atoms with van der Waals surface area (Å²) in [6.45, 7) is 2.24. The Balaban J connectivity index is 3.19. The van der Waals surface area contributed by atoms with E-state index in [4.69, 9.17) is 28.3 Å². The fraction of sp³-hybridized carbons (Fsp3) is 0.938. The van der Waals surface area contributed by atoms with Crippen molar-refractivity contribution in [3.8, 4) is 0 Å². The van der Waals surface area contributed by atoms with Crippen molar-refractivity contribution >= 4 is 29.2 Å². The van der Waals surface area contributed by atoms with E-state index in [9.17, 15) is 4.79 Å². The molecule has 0 amide bonds. The highest BCUT2D eigenvalue weighted by molar-refractivity contribution is 6.57. The maximum Gasteiger partial charge on any atom is 0.340 e. The van der Waals surface area contributed by atoms with Crippen LogP contribution in [0.3, 0.4) is 0 Å². The summed E-state index contributed by atoms with van der Waals surface area (Å²) in [6.07, 6.45) is 15.3. The summed E-state index contributed by atoms with van der Waals surface area (Å²) in [6, 6.07) is 0. The van der Waals surface area contributed by atoms with Crippen LogP contribution in [0.15, 0.2) is 0 Å². The first-order valence-electron chi connectivity index (χ1n) is 8.12.